The van der Waals surface area contributed by atoms with Crippen LogP contribution in [-0.2, 0) is 21.2 Å². The number of nitrogens with zero attached hydrogens (tertiary/aromatic N) is 2. The van der Waals surface area contributed by atoms with E-state index in [-0.39, 0.29) is 51.4 Å². The third kappa shape index (κ3) is 5.22. The number of rotatable bonds is 9. The summed E-state index contributed by atoms with van der Waals surface area (Å²) < 4.78 is 55.4. The quantitative estimate of drug-likeness (QED) is 0.406. The Morgan fingerprint density at radius 1 is 1.06 bits per heavy atom. The highest BCUT2D eigenvalue weighted by Crippen LogP contribution is 2.40. The Morgan fingerprint density at radius 2 is 1.85 bits per heavy atom. The van der Waals surface area contributed by atoms with E-state index < -0.39 is 10.0 Å². The van der Waals surface area contributed by atoms with Gasteiger partial charge in [0, 0.05) is 25.7 Å². The lowest BCUT2D eigenvalue weighted by Gasteiger charge is -2.16. The Balaban J connectivity index is 1.74. The van der Waals surface area contributed by atoms with Gasteiger partial charge in [0.1, 0.15) is 17.3 Å². The molecule has 10 nitrogen and oxygen atoms in total. The molecule has 34 heavy (non-hydrogen) atoms. The van der Waals surface area contributed by atoms with Gasteiger partial charge in [-0.25, -0.2) is 18.4 Å². The minimum absolute atomic E-state index is 0.00985. The number of sulfonamides is 1. The lowest BCUT2D eigenvalue weighted by Crippen LogP contribution is -2.16. The summed E-state index contributed by atoms with van der Waals surface area (Å²) in [7, 11) is -1.12. The van der Waals surface area contributed by atoms with Crippen molar-refractivity contribution in [3.8, 4) is 28.7 Å². The molecular formula is C21H19Cl2N3O7S. The largest absolute Gasteiger partial charge is 0.497 e. The molecule has 3 aromatic rings. The summed E-state index contributed by atoms with van der Waals surface area (Å²) in [4.78, 5) is 8.42. The number of anilines is 1. The van der Waals surface area contributed by atoms with Crippen molar-refractivity contribution < 1.29 is 32.1 Å². The van der Waals surface area contributed by atoms with E-state index in [2.05, 4.69) is 14.7 Å². The summed E-state index contributed by atoms with van der Waals surface area (Å²) in [6, 6.07) is 8.95. The zero-order valence-corrected chi connectivity index (χ0v) is 20.3. The van der Waals surface area contributed by atoms with Gasteiger partial charge < -0.3 is 23.7 Å². The number of nitrogens with one attached hydrogen (secondary N) is 1. The van der Waals surface area contributed by atoms with E-state index in [4.69, 9.17) is 46.9 Å². The number of hydrogen-bond acceptors (Lipinski definition) is 9. The molecule has 13 heteroatoms. The summed E-state index contributed by atoms with van der Waals surface area (Å²) in [5.41, 5.74) is 0. The molecule has 0 bridgehead atoms. The van der Waals surface area contributed by atoms with Crippen LogP contribution in [-0.4, -0.2) is 46.0 Å². The van der Waals surface area contributed by atoms with E-state index in [0.717, 1.165) is 0 Å². The second-order valence-electron chi connectivity index (χ2n) is 6.87. The molecule has 1 aromatic heterocycles. The standard InChI is InChI=1S/C21H19Cl2N3O7S/c1-29-8-7-18-24-20(23)19(33-16-9-12(30-2)3-5-14(16)22)21(25-18)26-34(27,28)13-4-6-15-17(10-13)32-11-31-15/h3-6,9-10H,7-8,11H2,1-2H3,(H,24,25,26). The van der Waals surface area contributed by atoms with Gasteiger partial charge in [0.2, 0.25) is 12.5 Å². The summed E-state index contributed by atoms with van der Waals surface area (Å²) in [6.07, 6.45) is 0.287. The second kappa shape index (κ2) is 10.1. The molecule has 0 spiro atoms. The van der Waals surface area contributed by atoms with Crippen molar-refractivity contribution in [2.24, 2.45) is 0 Å². The van der Waals surface area contributed by atoms with E-state index in [1.807, 2.05) is 0 Å². The van der Waals surface area contributed by atoms with Gasteiger partial charge >= 0.3 is 0 Å². The fourth-order valence-electron chi connectivity index (χ4n) is 2.96. The molecule has 1 aliphatic rings. The maximum atomic E-state index is 13.2. The van der Waals surface area contributed by atoms with Gasteiger partial charge in [-0.05, 0) is 24.3 Å². The van der Waals surface area contributed by atoms with E-state index in [1.165, 1.54) is 38.5 Å². The third-order valence-corrected chi connectivity index (χ3v) is 6.54. The number of benzene rings is 2. The molecule has 0 saturated carbocycles. The third-order valence-electron chi connectivity index (χ3n) is 4.64. The smallest absolute Gasteiger partial charge is 0.263 e. The molecule has 180 valence electrons. The fourth-order valence-corrected chi connectivity index (χ4v) is 4.36. The molecule has 1 aliphatic heterocycles. The molecule has 4 rings (SSSR count). The average Bonchev–Trinajstić information content (AvgIpc) is 3.29. The highest BCUT2D eigenvalue weighted by Gasteiger charge is 2.25. The fraction of sp³-hybridized carbons (Fsp3) is 0.238. The summed E-state index contributed by atoms with van der Waals surface area (Å²) in [5.74, 6) is 1.33. The molecule has 2 aromatic carbocycles. The molecule has 0 unspecified atom stereocenters. The van der Waals surface area contributed by atoms with Crippen molar-refractivity contribution in [3.63, 3.8) is 0 Å². The number of halogens is 2. The maximum absolute atomic E-state index is 13.2. The van der Waals surface area contributed by atoms with Gasteiger partial charge in [0.25, 0.3) is 10.0 Å². The predicted octanol–water partition coefficient (Wildman–Crippen LogP) is 4.30. The van der Waals surface area contributed by atoms with Crippen molar-refractivity contribution in [2.45, 2.75) is 11.3 Å². The maximum Gasteiger partial charge on any atom is 0.263 e. The van der Waals surface area contributed by atoms with Crippen molar-refractivity contribution >= 4 is 39.0 Å². The molecule has 0 fully saturated rings. The van der Waals surface area contributed by atoms with E-state index >= 15 is 0 Å². The number of ether oxygens (including phenoxy) is 5. The molecule has 0 amide bonds. The molecule has 0 radical (unpaired) electrons. The first kappa shape index (κ1) is 24.1. The summed E-state index contributed by atoms with van der Waals surface area (Å²) in [6.45, 7) is 0.308. The first-order valence-electron chi connectivity index (χ1n) is 9.80. The van der Waals surface area contributed by atoms with E-state index in [0.29, 0.717) is 23.9 Å². The Morgan fingerprint density at radius 3 is 2.62 bits per heavy atom. The molecular weight excluding hydrogens is 509 g/mol. The van der Waals surface area contributed by atoms with E-state index in [1.54, 1.807) is 12.1 Å². The van der Waals surface area contributed by atoms with Crippen LogP contribution in [0.25, 0.3) is 0 Å². The van der Waals surface area contributed by atoms with E-state index in [9.17, 15) is 8.42 Å². The number of aromatic nitrogens is 2. The minimum Gasteiger partial charge on any atom is -0.497 e. The van der Waals surface area contributed by atoms with Gasteiger partial charge in [0.05, 0.1) is 23.6 Å². The van der Waals surface area contributed by atoms with Crippen LogP contribution < -0.4 is 23.7 Å². The molecule has 0 aliphatic carbocycles. The first-order valence-corrected chi connectivity index (χ1v) is 12.0. The van der Waals surface area contributed by atoms with Crippen molar-refractivity contribution in [1.29, 1.82) is 0 Å². The van der Waals surface area contributed by atoms with Crippen LogP contribution in [0.1, 0.15) is 5.82 Å². The van der Waals surface area contributed by atoms with Crippen LogP contribution in [0.4, 0.5) is 5.82 Å². The first-order chi connectivity index (χ1) is 16.3. The highest BCUT2D eigenvalue weighted by molar-refractivity contribution is 7.92. The van der Waals surface area contributed by atoms with Gasteiger partial charge in [-0.2, -0.15) is 0 Å². The average molecular weight is 528 g/mol. The monoisotopic (exact) mass is 527 g/mol. The van der Waals surface area contributed by atoms with Crippen LogP contribution in [0, 0.1) is 0 Å². The van der Waals surface area contributed by atoms with Gasteiger partial charge in [0.15, 0.2) is 22.5 Å². The van der Waals surface area contributed by atoms with Crippen LogP contribution in [0.15, 0.2) is 41.3 Å². The Kier molecular flexibility index (Phi) is 7.17. The normalized spacial score (nSPS) is 12.5. The lowest BCUT2D eigenvalue weighted by molar-refractivity contribution is 0.174. The molecule has 0 saturated heterocycles. The van der Waals surface area contributed by atoms with Gasteiger partial charge in [-0.1, -0.05) is 23.2 Å². The second-order valence-corrected chi connectivity index (χ2v) is 9.32. The highest BCUT2D eigenvalue weighted by atomic mass is 35.5. The van der Waals surface area contributed by atoms with Crippen molar-refractivity contribution in [3.05, 3.63) is 52.4 Å². The van der Waals surface area contributed by atoms with Crippen molar-refractivity contribution in [2.75, 3.05) is 32.3 Å². The zero-order valence-electron chi connectivity index (χ0n) is 18.0. The van der Waals surface area contributed by atoms with Gasteiger partial charge in [-0.15, -0.1) is 0 Å². The summed E-state index contributed by atoms with van der Waals surface area (Å²) >= 11 is 12.6. The van der Waals surface area contributed by atoms with Crippen LogP contribution >= 0.6 is 23.2 Å². The molecule has 1 N–H and O–H groups in total. The lowest BCUT2D eigenvalue weighted by atomic mass is 10.3. The number of hydrogen-bond donors (Lipinski definition) is 1. The van der Waals surface area contributed by atoms with Crippen molar-refractivity contribution in [1.82, 2.24) is 9.97 Å². The number of fused-ring (bicyclic) bond motifs is 1. The summed E-state index contributed by atoms with van der Waals surface area (Å²) in [5, 5.41) is 0.119. The van der Waals surface area contributed by atoms with Crippen LogP contribution in [0.3, 0.4) is 0 Å². The van der Waals surface area contributed by atoms with Crippen LogP contribution in [0.5, 0.6) is 28.7 Å². The Labute approximate surface area is 205 Å². The Bertz CT molecular complexity index is 1320. The molecule has 0 atom stereocenters. The van der Waals surface area contributed by atoms with Crippen LogP contribution in [0.2, 0.25) is 10.2 Å². The minimum atomic E-state index is -4.13. The predicted molar refractivity (Wildman–Crippen MR) is 124 cm³/mol. The zero-order chi connectivity index (χ0) is 24.3. The SMILES string of the molecule is COCCc1nc(Cl)c(Oc2cc(OC)ccc2Cl)c(NS(=O)(=O)c2ccc3c(c2)OCO3)n1. The van der Waals surface area contributed by atoms with Gasteiger partial charge in [-0.3, -0.25) is 4.72 Å². The molecule has 2 heterocycles. The number of methoxy groups -OCH3 is 2. The topological polar surface area (TPSA) is 118 Å². The Hall–Kier alpha value is -2.99.